The van der Waals surface area contributed by atoms with E-state index in [0.717, 1.165) is 31.9 Å². The first kappa shape index (κ1) is 11.4. The number of nitrogens with two attached hydrogens (primary N) is 1. The molecule has 1 aliphatic rings. The first-order chi connectivity index (χ1) is 7.65. The van der Waals surface area contributed by atoms with E-state index in [4.69, 9.17) is 10.5 Å². The summed E-state index contributed by atoms with van der Waals surface area (Å²) >= 11 is 0. The van der Waals surface area contributed by atoms with Crippen LogP contribution < -0.4 is 10.5 Å². The number of nitrogens with zero attached hydrogens (tertiary/aromatic N) is 1. The van der Waals surface area contributed by atoms with Crippen molar-refractivity contribution in [2.75, 3.05) is 20.2 Å². The molecular weight excluding hydrogens is 200 g/mol. The van der Waals surface area contributed by atoms with Crippen LogP contribution in [-0.2, 0) is 13.0 Å². The van der Waals surface area contributed by atoms with Crippen LogP contribution in [0.15, 0.2) is 18.2 Å². The summed E-state index contributed by atoms with van der Waals surface area (Å²) in [6, 6.07) is 6.70. The molecule has 1 aromatic carbocycles. The molecule has 88 valence electrons. The van der Waals surface area contributed by atoms with Crippen LogP contribution in [0.2, 0.25) is 0 Å². The molecule has 0 saturated carbocycles. The third kappa shape index (κ3) is 2.74. The third-order valence-corrected chi connectivity index (χ3v) is 2.81. The molecule has 0 amide bonds. The van der Waals surface area contributed by atoms with Crippen LogP contribution in [0.5, 0.6) is 5.75 Å². The molecule has 2 N–H and O–H groups in total. The highest BCUT2D eigenvalue weighted by molar-refractivity contribution is 5.39. The third-order valence-electron chi connectivity index (χ3n) is 2.81. The molecule has 2 rings (SSSR count). The minimum Gasteiger partial charge on any atom is -0.493 e. The second-order valence-electron chi connectivity index (χ2n) is 4.71. The van der Waals surface area contributed by atoms with E-state index in [9.17, 15) is 0 Å². The Bertz CT molecular complexity index is 363. The first-order valence-corrected chi connectivity index (χ1v) is 5.84. The molecule has 1 atom stereocenters. The minimum atomic E-state index is 0.225. The molecule has 16 heavy (non-hydrogen) atoms. The summed E-state index contributed by atoms with van der Waals surface area (Å²) in [7, 11) is 2.10. The smallest absolute Gasteiger partial charge is 0.122 e. The van der Waals surface area contributed by atoms with E-state index in [1.807, 2.05) is 6.92 Å². The van der Waals surface area contributed by atoms with Gasteiger partial charge in [0, 0.05) is 25.6 Å². The molecule has 3 nitrogen and oxygen atoms in total. The molecule has 0 spiro atoms. The second kappa shape index (κ2) is 4.85. The Labute approximate surface area is 97.2 Å². The van der Waals surface area contributed by atoms with Crippen molar-refractivity contribution in [2.45, 2.75) is 25.9 Å². The Hall–Kier alpha value is -1.06. The number of likely N-dealkylation sites (N-methyl/N-ethyl adjacent to an activating group) is 1. The molecule has 1 heterocycles. The Morgan fingerprint density at radius 1 is 1.50 bits per heavy atom. The maximum Gasteiger partial charge on any atom is 0.122 e. The largest absolute Gasteiger partial charge is 0.493 e. The maximum absolute atomic E-state index is 5.78. The van der Waals surface area contributed by atoms with Gasteiger partial charge in [0.05, 0.1) is 6.61 Å². The van der Waals surface area contributed by atoms with Crippen molar-refractivity contribution < 1.29 is 4.74 Å². The molecule has 0 fully saturated rings. The molecule has 0 bridgehead atoms. The van der Waals surface area contributed by atoms with Gasteiger partial charge in [0.25, 0.3) is 0 Å². The van der Waals surface area contributed by atoms with E-state index in [1.54, 1.807) is 0 Å². The molecule has 1 aromatic rings. The van der Waals surface area contributed by atoms with Gasteiger partial charge in [0.1, 0.15) is 5.75 Å². The monoisotopic (exact) mass is 220 g/mol. The van der Waals surface area contributed by atoms with E-state index in [-0.39, 0.29) is 6.04 Å². The van der Waals surface area contributed by atoms with Gasteiger partial charge in [-0.25, -0.2) is 0 Å². The zero-order valence-corrected chi connectivity index (χ0v) is 10.1. The van der Waals surface area contributed by atoms with Gasteiger partial charge in [-0.1, -0.05) is 12.1 Å². The standard InChI is InChI=1S/C13H20N2O/c1-10(14)8-15(2)9-11-3-4-13-12(7-11)5-6-16-13/h3-4,7,10H,5-6,8-9,14H2,1-2H3. The van der Waals surface area contributed by atoms with Gasteiger partial charge >= 0.3 is 0 Å². The SMILES string of the molecule is CC(N)CN(C)Cc1ccc2c(c1)CCO2. The van der Waals surface area contributed by atoms with Gasteiger partial charge in [-0.05, 0) is 31.2 Å². The lowest BCUT2D eigenvalue weighted by Gasteiger charge is -2.19. The Balaban J connectivity index is 1.99. The van der Waals surface area contributed by atoms with Gasteiger partial charge in [-0.15, -0.1) is 0 Å². The quantitative estimate of drug-likeness (QED) is 0.833. The summed E-state index contributed by atoms with van der Waals surface area (Å²) in [5.74, 6) is 1.05. The highest BCUT2D eigenvalue weighted by Gasteiger charge is 2.12. The van der Waals surface area contributed by atoms with Crippen molar-refractivity contribution in [1.82, 2.24) is 4.90 Å². The molecule has 1 aliphatic heterocycles. The fourth-order valence-corrected chi connectivity index (χ4v) is 2.21. The van der Waals surface area contributed by atoms with Crippen molar-refractivity contribution in [2.24, 2.45) is 5.73 Å². The topological polar surface area (TPSA) is 38.5 Å². The van der Waals surface area contributed by atoms with Gasteiger partial charge in [0.15, 0.2) is 0 Å². The molecule has 0 saturated heterocycles. The van der Waals surface area contributed by atoms with Crippen LogP contribution in [0.4, 0.5) is 0 Å². The Morgan fingerprint density at radius 2 is 2.31 bits per heavy atom. The van der Waals surface area contributed by atoms with Crippen LogP contribution in [0, 0.1) is 0 Å². The predicted molar refractivity (Wildman–Crippen MR) is 65.6 cm³/mol. The lowest BCUT2D eigenvalue weighted by molar-refractivity contribution is 0.310. The van der Waals surface area contributed by atoms with Crippen LogP contribution in [0.1, 0.15) is 18.1 Å². The highest BCUT2D eigenvalue weighted by atomic mass is 16.5. The van der Waals surface area contributed by atoms with Crippen molar-refractivity contribution in [1.29, 1.82) is 0 Å². The van der Waals surface area contributed by atoms with Crippen LogP contribution >= 0.6 is 0 Å². The van der Waals surface area contributed by atoms with E-state index in [0.29, 0.717) is 0 Å². The molecular formula is C13H20N2O. The lowest BCUT2D eigenvalue weighted by atomic mass is 10.1. The maximum atomic E-state index is 5.78. The molecule has 1 unspecified atom stereocenters. The van der Waals surface area contributed by atoms with E-state index in [1.165, 1.54) is 11.1 Å². The van der Waals surface area contributed by atoms with Crippen molar-refractivity contribution in [3.05, 3.63) is 29.3 Å². The summed E-state index contributed by atoms with van der Waals surface area (Å²) < 4.78 is 5.49. The number of rotatable bonds is 4. The zero-order chi connectivity index (χ0) is 11.5. The average molecular weight is 220 g/mol. The summed E-state index contributed by atoms with van der Waals surface area (Å²) in [6.07, 6.45) is 1.04. The van der Waals surface area contributed by atoms with Gasteiger partial charge in [-0.3, -0.25) is 0 Å². The highest BCUT2D eigenvalue weighted by Crippen LogP contribution is 2.26. The molecule has 3 heteroatoms. The summed E-state index contributed by atoms with van der Waals surface area (Å²) in [6.45, 7) is 4.74. The lowest BCUT2D eigenvalue weighted by Crippen LogP contribution is -2.32. The number of hydrogen-bond acceptors (Lipinski definition) is 3. The fraction of sp³-hybridized carbons (Fsp3) is 0.538. The molecule has 0 aromatic heterocycles. The molecule has 0 radical (unpaired) electrons. The van der Waals surface area contributed by atoms with Gasteiger partial charge in [-0.2, -0.15) is 0 Å². The molecule has 0 aliphatic carbocycles. The normalized spacial score (nSPS) is 16.0. The Kier molecular flexibility index (Phi) is 3.46. The predicted octanol–water partition coefficient (Wildman–Crippen LogP) is 1.40. The van der Waals surface area contributed by atoms with Crippen molar-refractivity contribution in [3.8, 4) is 5.75 Å². The second-order valence-corrected chi connectivity index (χ2v) is 4.71. The van der Waals surface area contributed by atoms with Gasteiger partial charge in [0.2, 0.25) is 0 Å². The number of fused-ring (bicyclic) bond motifs is 1. The van der Waals surface area contributed by atoms with Crippen LogP contribution in [0.3, 0.4) is 0 Å². The number of hydrogen-bond donors (Lipinski definition) is 1. The Morgan fingerprint density at radius 3 is 3.06 bits per heavy atom. The summed E-state index contributed by atoms with van der Waals surface area (Å²) in [5, 5.41) is 0. The van der Waals surface area contributed by atoms with E-state index >= 15 is 0 Å². The summed E-state index contributed by atoms with van der Waals surface area (Å²) in [5.41, 5.74) is 8.46. The minimum absolute atomic E-state index is 0.225. The number of benzene rings is 1. The van der Waals surface area contributed by atoms with E-state index < -0.39 is 0 Å². The average Bonchev–Trinajstić information content (AvgIpc) is 2.63. The summed E-state index contributed by atoms with van der Waals surface area (Å²) in [4.78, 5) is 2.25. The fourth-order valence-electron chi connectivity index (χ4n) is 2.21. The van der Waals surface area contributed by atoms with Crippen molar-refractivity contribution in [3.63, 3.8) is 0 Å². The van der Waals surface area contributed by atoms with Crippen LogP contribution in [-0.4, -0.2) is 31.1 Å². The van der Waals surface area contributed by atoms with Gasteiger partial charge < -0.3 is 15.4 Å². The van der Waals surface area contributed by atoms with Crippen molar-refractivity contribution >= 4 is 0 Å². The number of ether oxygens (including phenoxy) is 1. The van der Waals surface area contributed by atoms with Crippen LogP contribution in [0.25, 0.3) is 0 Å². The zero-order valence-electron chi connectivity index (χ0n) is 10.1. The first-order valence-electron chi connectivity index (χ1n) is 5.84. The van der Waals surface area contributed by atoms with E-state index in [2.05, 4.69) is 30.1 Å².